The Bertz CT molecular complexity index is 282. The van der Waals surface area contributed by atoms with Gasteiger partial charge in [0.05, 0.1) is 3.79 Å². The summed E-state index contributed by atoms with van der Waals surface area (Å²) in [7, 11) is 0. The normalized spacial score (nSPS) is 28.2. The third-order valence-corrected chi connectivity index (χ3v) is 5.07. The summed E-state index contributed by atoms with van der Waals surface area (Å²) in [6.07, 6.45) is 5.39. The predicted octanol–water partition coefficient (Wildman–Crippen LogP) is 4.62. The van der Waals surface area contributed by atoms with Gasteiger partial charge in [-0.15, -0.1) is 11.3 Å². The first-order valence-electron chi connectivity index (χ1n) is 4.62. The van der Waals surface area contributed by atoms with Crippen LogP contribution in [0, 0.1) is 5.92 Å². The molecule has 2 atom stereocenters. The van der Waals surface area contributed by atoms with E-state index >= 15 is 0 Å². The molecule has 72 valence electrons. The van der Waals surface area contributed by atoms with Crippen LogP contribution in [0.15, 0.2) is 15.9 Å². The Morgan fingerprint density at radius 3 is 2.77 bits per heavy atom. The number of hydrogen-bond donors (Lipinski definition) is 0. The van der Waals surface area contributed by atoms with Crippen molar-refractivity contribution in [3.63, 3.8) is 0 Å². The first-order valence-corrected chi connectivity index (χ1v) is 7.15. The van der Waals surface area contributed by atoms with Crippen molar-refractivity contribution >= 4 is 43.2 Å². The smallest absolute Gasteiger partial charge is 0.0701 e. The van der Waals surface area contributed by atoms with Crippen molar-refractivity contribution in [2.75, 3.05) is 0 Å². The lowest BCUT2D eigenvalue weighted by Crippen LogP contribution is -1.98. The Balaban J connectivity index is 1.91. The van der Waals surface area contributed by atoms with Crippen LogP contribution in [0.2, 0.25) is 0 Å². The van der Waals surface area contributed by atoms with Gasteiger partial charge in [0.15, 0.2) is 0 Å². The van der Waals surface area contributed by atoms with E-state index in [9.17, 15) is 0 Å². The zero-order valence-corrected chi connectivity index (χ0v) is 11.3. The van der Waals surface area contributed by atoms with Gasteiger partial charge >= 0.3 is 0 Å². The number of halogens is 2. The van der Waals surface area contributed by atoms with E-state index < -0.39 is 0 Å². The lowest BCUT2D eigenvalue weighted by molar-refractivity contribution is 0.553. The SMILES string of the molecule is Brc1ccc(CC2CCC(Br)C2)s1. The molecule has 1 aliphatic carbocycles. The number of thiophene rings is 1. The molecule has 0 N–H and O–H groups in total. The first-order chi connectivity index (χ1) is 6.24. The van der Waals surface area contributed by atoms with Crippen LogP contribution in [-0.4, -0.2) is 4.83 Å². The fraction of sp³-hybridized carbons (Fsp3) is 0.600. The summed E-state index contributed by atoms with van der Waals surface area (Å²) in [5.74, 6) is 0.912. The maximum absolute atomic E-state index is 3.69. The van der Waals surface area contributed by atoms with Crippen LogP contribution in [0.25, 0.3) is 0 Å². The van der Waals surface area contributed by atoms with Gasteiger partial charge in [0.2, 0.25) is 0 Å². The van der Waals surface area contributed by atoms with Crippen molar-refractivity contribution in [3.05, 3.63) is 20.8 Å². The second kappa shape index (κ2) is 4.45. The van der Waals surface area contributed by atoms with Gasteiger partial charge in [-0.25, -0.2) is 0 Å². The zero-order valence-electron chi connectivity index (χ0n) is 7.30. The average molecular weight is 324 g/mol. The van der Waals surface area contributed by atoms with Crippen LogP contribution in [0.1, 0.15) is 24.1 Å². The summed E-state index contributed by atoms with van der Waals surface area (Å²) in [6.45, 7) is 0. The average Bonchev–Trinajstić information content (AvgIpc) is 2.62. The number of rotatable bonds is 2. The van der Waals surface area contributed by atoms with Crippen molar-refractivity contribution in [1.29, 1.82) is 0 Å². The van der Waals surface area contributed by atoms with Crippen LogP contribution in [0.5, 0.6) is 0 Å². The van der Waals surface area contributed by atoms with E-state index in [1.807, 2.05) is 11.3 Å². The summed E-state index contributed by atoms with van der Waals surface area (Å²) in [4.78, 5) is 2.30. The molecule has 1 aromatic heterocycles. The first kappa shape index (κ1) is 10.2. The van der Waals surface area contributed by atoms with Gasteiger partial charge in [0.1, 0.15) is 0 Å². The minimum absolute atomic E-state index is 0.779. The molecule has 1 heterocycles. The molecule has 0 saturated heterocycles. The van der Waals surface area contributed by atoms with E-state index in [4.69, 9.17) is 0 Å². The van der Waals surface area contributed by atoms with Crippen molar-refractivity contribution in [1.82, 2.24) is 0 Å². The van der Waals surface area contributed by atoms with E-state index in [0.717, 1.165) is 10.7 Å². The third kappa shape index (κ3) is 2.80. The zero-order chi connectivity index (χ0) is 9.26. The molecule has 0 aliphatic heterocycles. The van der Waals surface area contributed by atoms with Gasteiger partial charge in [-0.3, -0.25) is 0 Å². The lowest BCUT2D eigenvalue weighted by Gasteiger charge is -2.05. The van der Waals surface area contributed by atoms with Gasteiger partial charge in [-0.05, 0) is 59.7 Å². The van der Waals surface area contributed by atoms with E-state index in [1.165, 1.54) is 34.3 Å². The molecule has 1 saturated carbocycles. The maximum atomic E-state index is 3.69. The quantitative estimate of drug-likeness (QED) is 0.697. The topological polar surface area (TPSA) is 0 Å². The van der Waals surface area contributed by atoms with Crippen molar-refractivity contribution in [3.8, 4) is 0 Å². The van der Waals surface area contributed by atoms with E-state index in [1.54, 1.807) is 0 Å². The number of hydrogen-bond acceptors (Lipinski definition) is 1. The second-order valence-electron chi connectivity index (χ2n) is 3.69. The van der Waals surface area contributed by atoms with Crippen LogP contribution in [0.4, 0.5) is 0 Å². The van der Waals surface area contributed by atoms with Crippen molar-refractivity contribution < 1.29 is 0 Å². The lowest BCUT2D eigenvalue weighted by atomic mass is 10.0. The summed E-state index contributed by atoms with van der Waals surface area (Å²) in [5.41, 5.74) is 0. The highest BCUT2D eigenvalue weighted by atomic mass is 79.9. The van der Waals surface area contributed by atoms with E-state index in [0.29, 0.717) is 0 Å². The molecule has 0 bridgehead atoms. The van der Waals surface area contributed by atoms with Gasteiger partial charge in [-0.2, -0.15) is 0 Å². The fourth-order valence-electron chi connectivity index (χ4n) is 1.95. The van der Waals surface area contributed by atoms with Gasteiger partial charge in [0, 0.05) is 9.70 Å². The molecule has 0 amide bonds. The Morgan fingerprint density at radius 1 is 1.38 bits per heavy atom. The fourth-order valence-corrected chi connectivity index (χ4v) is 4.34. The van der Waals surface area contributed by atoms with Crippen molar-refractivity contribution in [2.45, 2.75) is 30.5 Å². The Labute approximate surface area is 100.0 Å². The Morgan fingerprint density at radius 2 is 2.23 bits per heavy atom. The summed E-state index contributed by atoms with van der Waals surface area (Å²) in [5, 5.41) is 0. The van der Waals surface area contributed by atoms with Crippen LogP contribution >= 0.6 is 43.2 Å². The molecule has 2 rings (SSSR count). The highest BCUT2D eigenvalue weighted by Crippen LogP contribution is 2.34. The van der Waals surface area contributed by atoms with Crippen molar-refractivity contribution in [2.24, 2.45) is 5.92 Å². The van der Waals surface area contributed by atoms with Crippen LogP contribution in [0.3, 0.4) is 0 Å². The Kier molecular flexibility index (Phi) is 3.49. The maximum Gasteiger partial charge on any atom is 0.0701 e. The standard InChI is InChI=1S/C10H12Br2S/c11-8-2-1-7(5-8)6-9-3-4-10(12)13-9/h3-4,7-8H,1-2,5-6H2. The van der Waals surface area contributed by atoms with E-state index in [-0.39, 0.29) is 0 Å². The van der Waals surface area contributed by atoms with Crippen LogP contribution in [-0.2, 0) is 6.42 Å². The molecule has 1 aliphatic rings. The highest BCUT2D eigenvalue weighted by molar-refractivity contribution is 9.11. The largest absolute Gasteiger partial charge is 0.133 e. The summed E-state index contributed by atoms with van der Waals surface area (Å²) >= 11 is 9.07. The molecule has 0 spiro atoms. The Hall–Kier alpha value is 0.660. The molecular weight excluding hydrogens is 312 g/mol. The molecule has 3 heteroatoms. The highest BCUT2D eigenvalue weighted by Gasteiger charge is 2.22. The second-order valence-corrected chi connectivity index (χ2v) is 7.53. The molecule has 1 fully saturated rings. The third-order valence-electron chi connectivity index (χ3n) is 2.60. The van der Waals surface area contributed by atoms with Gasteiger partial charge < -0.3 is 0 Å². The molecule has 1 aromatic rings. The molecule has 0 aromatic carbocycles. The molecule has 0 radical (unpaired) electrons. The van der Waals surface area contributed by atoms with Gasteiger partial charge in [0.25, 0.3) is 0 Å². The van der Waals surface area contributed by atoms with E-state index in [2.05, 4.69) is 44.0 Å². The summed E-state index contributed by atoms with van der Waals surface area (Å²) in [6, 6.07) is 4.40. The minimum Gasteiger partial charge on any atom is -0.133 e. The predicted molar refractivity (Wildman–Crippen MR) is 65.8 cm³/mol. The summed E-state index contributed by atoms with van der Waals surface area (Å²) < 4.78 is 1.26. The molecule has 13 heavy (non-hydrogen) atoms. The monoisotopic (exact) mass is 322 g/mol. The molecular formula is C10H12Br2S. The van der Waals surface area contributed by atoms with Crippen LogP contribution < -0.4 is 0 Å². The molecule has 0 nitrogen and oxygen atoms in total. The van der Waals surface area contributed by atoms with Gasteiger partial charge in [-0.1, -0.05) is 15.9 Å². The molecule has 2 unspecified atom stereocenters. The number of alkyl halides is 1. The minimum atomic E-state index is 0.779.